The van der Waals surface area contributed by atoms with E-state index in [4.69, 9.17) is 9.47 Å². The van der Waals surface area contributed by atoms with Gasteiger partial charge in [0.25, 0.3) is 0 Å². The first-order valence-electron chi connectivity index (χ1n) is 6.92. The highest BCUT2D eigenvalue weighted by Crippen LogP contribution is 2.35. The summed E-state index contributed by atoms with van der Waals surface area (Å²) in [7, 11) is 0. The van der Waals surface area contributed by atoms with Crippen LogP contribution in [0.1, 0.15) is 29.7 Å². The lowest BCUT2D eigenvalue weighted by atomic mass is 10.0. The molecule has 0 saturated heterocycles. The predicted octanol–water partition coefficient (Wildman–Crippen LogP) is 3.57. The van der Waals surface area contributed by atoms with E-state index in [1.807, 2.05) is 12.1 Å². The van der Waals surface area contributed by atoms with Crippen molar-refractivity contribution in [3.63, 3.8) is 0 Å². The van der Waals surface area contributed by atoms with Crippen LogP contribution >= 0.6 is 0 Å². The van der Waals surface area contributed by atoms with E-state index in [0.717, 1.165) is 23.6 Å². The number of para-hydroxylation sites is 1. The van der Waals surface area contributed by atoms with Crippen LogP contribution in [-0.2, 0) is 6.54 Å². The fourth-order valence-electron chi connectivity index (χ4n) is 2.58. The largest absolute Gasteiger partial charge is 0.454 e. The van der Waals surface area contributed by atoms with Gasteiger partial charge >= 0.3 is 0 Å². The van der Waals surface area contributed by atoms with Crippen molar-refractivity contribution in [1.29, 1.82) is 0 Å². The number of benzene rings is 2. The van der Waals surface area contributed by atoms with Crippen LogP contribution in [0.5, 0.6) is 11.5 Å². The van der Waals surface area contributed by atoms with Gasteiger partial charge in [0, 0.05) is 18.2 Å². The number of hydrogen-bond donors (Lipinski definition) is 1. The monoisotopic (exact) mass is 269 g/mol. The van der Waals surface area contributed by atoms with Gasteiger partial charge in [0.2, 0.25) is 6.79 Å². The van der Waals surface area contributed by atoms with Crippen molar-refractivity contribution in [1.82, 2.24) is 5.32 Å². The number of rotatable bonds is 4. The summed E-state index contributed by atoms with van der Waals surface area (Å²) in [4.78, 5) is 0. The van der Waals surface area contributed by atoms with Crippen molar-refractivity contribution in [2.75, 3.05) is 6.79 Å². The van der Waals surface area contributed by atoms with Gasteiger partial charge in [-0.05, 0) is 31.0 Å². The molecule has 0 fully saturated rings. The Morgan fingerprint density at radius 3 is 2.80 bits per heavy atom. The summed E-state index contributed by atoms with van der Waals surface area (Å²) in [6.45, 7) is 5.41. The van der Waals surface area contributed by atoms with Crippen molar-refractivity contribution in [3.8, 4) is 11.5 Å². The maximum Gasteiger partial charge on any atom is 0.231 e. The Labute approximate surface area is 119 Å². The number of ether oxygens (including phenoxy) is 2. The SMILES string of the molecule is Cc1ccccc1[C@H](C)NCc1cccc2c1OCO2. The Bertz CT molecular complexity index is 610. The molecule has 3 nitrogen and oxygen atoms in total. The summed E-state index contributed by atoms with van der Waals surface area (Å²) in [5.41, 5.74) is 3.78. The molecule has 2 aromatic carbocycles. The van der Waals surface area contributed by atoms with Crippen LogP contribution in [0.15, 0.2) is 42.5 Å². The number of fused-ring (bicyclic) bond motifs is 1. The van der Waals surface area contributed by atoms with Crippen molar-refractivity contribution >= 4 is 0 Å². The van der Waals surface area contributed by atoms with Crippen LogP contribution in [0.25, 0.3) is 0 Å². The highest BCUT2D eigenvalue weighted by atomic mass is 16.7. The molecule has 20 heavy (non-hydrogen) atoms. The van der Waals surface area contributed by atoms with Gasteiger partial charge < -0.3 is 14.8 Å². The Morgan fingerprint density at radius 2 is 1.95 bits per heavy atom. The molecule has 1 aliphatic rings. The minimum absolute atomic E-state index is 0.300. The lowest BCUT2D eigenvalue weighted by Crippen LogP contribution is -2.19. The third-order valence-corrected chi connectivity index (χ3v) is 3.73. The Kier molecular flexibility index (Phi) is 3.61. The fourth-order valence-corrected chi connectivity index (χ4v) is 2.58. The van der Waals surface area contributed by atoms with Crippen molar-refractivity contribution in [2.45, 2.75) is 26.4 Å². The average Bonchev–Trinajstić information content (AvgIpc) is 2.94. The second-order valence-corrected chi connectivity index (χ2v) is 5.11. The minimum atomic E-state index is 0.300. The van der Waals surface area contributed by atoms with Crippen LogP contribution in [0.3, 0.4) is 0 Å². The molecule has 0 bridgehead atoms. The second kappa shape index (κ2) is 5.55. The molecule has 0 aromatic heterocycles. The maximum absolute atomic E-state index is 5.53. The van der Waals surface area contributed by atoms with Gasteiger partial charge in [-0.25, -0.2) is 0 Å². The quantitative estimate of drug-likeness (QED) is 0.920. The molecule has 0 unspecified atom stereocenters. The van der Waals surface area contributed by atoms with Crippen LogP contribution in [0.2, 0.25) is 0 Å². The van der Waals surface area contributed by atoms with Crippen molar-refractivity contribution in [3.05, 3.63) is 59.2 Å². The molecule has 1 heterocycles. The van der Waals surface area contributed by atoms with Gasteiger partial charge in [0.05, 0.1) is 0 Å². The molecule has 0 spiro atoms. The first kappa shape index (κ1) is 13.0. The highest BCUT2D eigenvalue weighted by Gasteiger charge is 2.17. The summed E-state index contributed by atoms with van der Waals surface area (Å²) >= 11 is 0. The Balaban J connectivity index is 1.71. The van der Waals surface area contributed by atoms with E-state index in [0.29, 0.717) is 12.8 Å². The van der Waals surface area contributed by atoms with Crippen molar-refractivity contribution < 1.29 is 9.47 Å². The molecular weight excluding hydrogens is 250 g/mol. The van der Waals surface area contributed by atoms with Gasteiger partial charge in [0.1, 0.15) is 0 Å². The van der Waals surface area contributed by atoms with Gasteiger partial charge in [-0.3, -0.25) is 0 Å². The molecule has 1 aliphatic heterocycles. The molecular formula is C17H19NO2. The van der Waals surface area contributed by atoms with E-state index >= 15 is 0 Å². The molecule has 104 valence electrons. The molecule has 0 radical (unpaired) electrons. The van der Waals surface area contributed by atoms with Crippen LogP contribution in [-0.4, -0.2) is 6.79 Å². The van der Waals surface area contributed by atoms with E-state index in [1.165, 1.54) is 11.1 Å². The Morgan fingerprint density at radius 1 is 1.10 bits per heavy atom. The summed E-state index contributed by atoms with van der Waals surface area (Å²) in [5.74, 6) is 1.71. The van der Waals surface area contributed by atoms with E-state index < -0.39 is 0 Å². The number of hydrogen-bond acceptors (Lipinski definition) is 3. The summed E-state index contributed by atoms with van der Waals surface area (Å²) < 4.78 is 10.9. The topological polar surface area (TPSA) is 30.5 Å². The smallest absolute Gasteiger partial charge is 0.231 e. The van der Waals surface area contributed by atoms with Crippen LogP contribution < -0.4 is 14.8 Å². The summed E-state index contributed by atoms with van der Waals surface area (Å²) in [6.07, 6.45) is 0. The number of aryl methyl sites for hydroxylation is 1. The first-order chi connectivity index (χ1) is 9.75. The molecule has 2 aromatic rings. The Hall–Kier alpha value is -2.00. The van der Waals surface area contributed by atoms with E-state index in [1.54, 1.807) is 0 Å². The minimum Gasteiger partial charge on any atom is -0.454 e. The van der Waals surface area contributed by atoms with Crippen molar-refractivity contribution in [2.24, 2.45) is 0 Å². The normalized spacial score (nSPS) is 14.3. The number of nitrogens with one attached hydrogen (secondary N) is 1. The fraction of sp³-hybridized carbons (Fsp3) is 0.294. The summed E-state index contributed by atoms with van der Waals surface area (Å²) in [6, 6.07) is 14.8. The first-order valence-corrected chi connectivity index (χ1v) is 6.92. The van der Waals surface area contributed by atoms with Gasteiger partial charge in [-0.15, -0.1) is 0 Å². The molecule has 3 rings (SSSR count). The van der Waals surface area contributed by atoms with Crippen LogP contribution in [0, 0.1) is 6.92 Å². The van der Waals surface area contributed by atoms with Crippen LogP contribution in [0.4, 0.5) is 0 Å². The molecule has 1 N–H and O–H groups in total. The van der Waals surface area contributed by atoms with Gasteiger partial charge in [-0.2, -0.15) is 0 Å². The summed E-state index contributed by atoms with van der Waals surface area (Å²) in [5, 5.41) is 3.55. The standard InChI is InChI=1S/C17H19NO2/c1-12-6-3-4-8-15(12)13(2)18-10-14-7-5-9-16-17(14)20-11-19-16/h3-9,13,18H,10-11H2,1-2H3/t13-/m0/s1. The average molecular weight is 269 g/mol. The maximum atomic E-state index is 5.53. The molecule has 1 atom stereocenters. The third kappa shape index (κ3) is 2.49. The molecule has 0 saturated carbocycles. The third-order valence-electron chi connectivity index (χ3n) is 3.73. The molecule has 0 aliphatic carbocycles. The van der Waals surface area contributed by atoms with Gasteiger partial charge in [0.15, 0.2) is 11.5 Å². The zero-order valence-electron chi connectivity index (χ0n) is 11.8. The lowest BCUT2D eigenvalue weighted by Gasteiger charge is -2.17. The second-order valence-electron chi connectivity index (χ2n) is 5.11. The van der Waals surface area contributed by atoms with E-state index in [-0.39, 0.29) is 0 Å². The van der Waals surface area contributed by atoms with E-state index in [2.05, 4.69) is 49.5 Å². The molecule has 3 heteroatoms. The molecule has 0 amide bonds. The van der Waals surface area contributed by atoms with Gasteiger partial charge in [-0.1, -0.05) is 36.4 Å². The lowest BCUT2D eigenvalue weighted by molar-refractivity contribution is 0.173. The highest BCUT2D eigenvalue weighted by molar-refractivity contribution is 5.48. The zero-order valence-corrected chi connectivity index (χ0v) is 11.8. The van der Waals surface area contributed by atoms with E-state index in [9.17, 15) is 0 Å². The zero-order chi connectivity index (χ0) is 13.9. The predicted molar refractivity (Wildman–Crippen MR) is 79.0 cm³/mol.